The molecule has 0 radical (unpaired) electrons. The van der Waals surface area contributed by atoms with Crippen LogP contribution in [0.1, 0.15) is 33.8 Å². The van der Waals surface area contributed by atoms with Gasteiger partial charge in [0, 0.05) is 18.0 Å². The molecule has 9 heteroatoms. The van der Waals surface area contributed by atoms with Gasteiger partial charge in [0.25, 0.3) is 5.91 Å². The van der Waals surface area contributed by atoms with Crippen molar-refractivity contribution in [3.8, 4) is 0 Å². The van der Waals surface area contributed by atoms with Gasteiger partial charge in [-0.25, -0.2) is 17.9 Å². The first-order valence-corrected chi connectivity index (χ1v) is 10.1. The second-order valence-electron chi connectivity index (χ2n) is 5.53. The molecule has 1 aromatic rings. The van der Waals surface area contributed by atoms with E-state index in [1.165, 1.54) is 16.2 Å². The zero-order valence-corrected chi connectivity index (χ0v) is 14.5. The monoisotopic (exact) mass is 360 g/mol. The molecule has 1 aliphatic rings. The van der Waals surface area contributed by atoms with Gasteiger partial charge in [0.05, 0.1) is 11.1 Å². The molecular weight excluding hydrogens is 340 g/mol. The van der Waals surface area contributed by atoms with Gasteiger partial charge in [-0.15, -0.1) is 11.3 Å². The standard InChI is InChI=1S/C14H20N2O5S2/c1-23(20,21)15-8-7-10-5-6-12(22-10)13(17)16-9-3-2-4-11(16)14(18)19/h5-6,11,15H,2-4,7-9H2,1H3,(H,18,19). The van der Waals surface area contributed by atoms with Crippen molar-refractivity contribution in [1.82, 2.24) is 9.62 Å². The summed E-state index contributed by atoms with van der Waals surface area (Å²) in [5, 5.41) is 9.25. The van der Waals surface area contributed by atoms with Gasteiger partial charge in [-0.05, 0) is 37.8 Å². The fourth-order valence-electron chi connectivity index (χ4n) is 2.56. The summed E-state index contributed by atoms with van der Waals surface area (Å²) in [4.78, 5) is 26.6. The maximum atomic E-state index is 12.5. The van der Waals surface area contributed by atoms with Crippen LogP contribution < -0.4 is 4.72 Å². The number of sulfonamides is 1. The lowest BCUT2D eigenvalue weighted by molar-refractivity contribution is -0.143. The van der Waals surface area contributed by atoms with Crippen LogP contribution >= 0.6 is 11.3 Å². The van der Waals surface area contributed by atoms with E-state index in [9.17, 15) is 23.1 Å². The van der Waals surface area contributed by atoms with Gasteiger partial charge in [0.15, 0.2) is 0 Å². The quantitative estimate of drug-likeness (QED) is 0.785. The zero-order chi connectivity index (χ0) is 17.0. The number of hydrogen-bond acceptors (Lipinski definition) is 5. The molecule has 7 nitrogen and oxygen atoms in total. The Morgan fingerprint density at radius 2 is 2.13 bits per heavy atom. The molecule has 1 unspecified atom stereocenters. The number of piperidine rings is 1. The predicted molar refractivity (Wildman–Crippen MR) is 87.2 cm³/mol. The van der Waals surface area contributed by atoms with E-state index in [0.717, 1.165) is 24.0 Å². The summed E-state index contributed by atoms with van der Waals surface area (Å²) in [6.07, 6.45) is 3.70. The Kier molecular flexibility index (Phi) is 5.77. The number of thiophene rings is 1. The molecule has 2 N–H and O–H groups in total. The highest BCUT2D eigenvalue weighted by Crippen LogP contribution is 2.24. The van der Waals surface area contributed by atoms with Gasteiger partial charge in [-0.1, -0.05) is 0 Å². The molecule has 0 aliphatic carbocycles. The van der Waals surface area contributed by atoms with Crippen molar-refractivity contribution < 1.29 is 23.1 Å². The second-order valence-corrected chi connectivity index (χ2v) is 8.53. The van der Waals surface area contributed by atoms with Crippen LogP contribution in [-0.4, -0.2) is 55.7 Å². The van der Waals surface area contributed by atoms with Crippen molar-refractivity contribution in [3.05, 3.63) is 21.9 Å². The van der Waals surface area contributed by atoms with E-state index in [2.05, 4.69) is 4.72 Å². The van der Waals surface area contributed by atoms with Crippen molar-refractivity contribution in [2.75, 3.05) is 19.3 Å². The Bertz CT molecular complexity index is 683. The molecule has 1 fully saturated rings. The molecule has 2 heterocycles. The van der Waals surface area contributed by atoms with Crippen LogP contribution in [0.3, 0.4) is 0 Å². The first kappa shape index (κ1) is 17.9. The summed E-state index contributed by atoms with van der Waals surface area (Å²) in [5.74, 6) is -1.23. The minimum absolute atomic E-state index is 0.260. The summed E-state index contributed by atoms with van der Waals surface area (Å²) in [6.45, 7) is 0.729. The van der Waals surface area contributed by atoms with E-state index < -0.39 is 22.0 Å². The normalized spacial score (nSPS) is 18.8. The predicted octanol–water partition coefficient (Wildman–Crippen LogP) is 0.919. The lowest BCUT2D eigenvalue weighted by Gasteiger charge is -2.32. The van der Waals surface area contributed by atoms with Crippen LogP contribution in [0.5, 0.6) is 0 Å². The van der Waals surface area contributed by atoms with Gasteiger partial charge in [-0.3, -0.25) is 4.79 Å². The van der Waals surface area contributed by atoms with Crippen molar-refractivity contribution >= 4 is 33.2 Å². The third kappa shape index (κ3) is 5.02. The second kappa shape index (κ2) is 7.41. The molecule has 2 rings (SSSR count). The first-order chi connectivity index (χ1) is 10.8. The highest BCUT2D eigenvalue weighted by atomic mass is 32.2. The Balaban J connectivity index is 2.01. The average molecular weight is 360 g/mol. The molecule has 0 aromatic carbocycles. The van der Waals surface area contributed by atoms with Crippen molar-refractivity contribution in [2.24, 2.45) is 0 Å². The van der Waals surface area contributed by atoms with Gasteiger partial charge < -0.3 is 10.0 Å². The van der Waals surface area contributed by atoms with E-state index in [4.69, 9.17) is 0 Å². The summed E-state index contributed by atoms with van der Waals surface area (Å²) >= 11 is 1.28. The SMILES string of the molecule is CS(=O)(=O)NCCc1ccc(C(=O)N2CCCCC2C(=O)O)s1. The Morgan fingerprint density at radius 3 is 2.78 bits per heavy atom. The highest BCUT2D eigenvalue weighted by molar-refractivity contribution is 7.88. The number of rotatable bonds is 6. The number of carboxylic acids is 1. The number of amides is 1. The number of nitrogens with one attached hydrogen (secondary N) is 1. The number of carbonyl (C=O) groups is 2. The van der Waals surface area contributed by atoms with Gasteiger partial charge in [0.1, 0.15) is 6.04 Å². The summed E-state index contributed by atoms with van der Waals surface area (Å²) in [5.41, 5.74) is 0. The Morgan fingerprint density at radius 1 is 1.39 bits per heavy atom. The van der Waals surface area contributed by atoms with E-state index in [-0.39, 0.29) is 12.5 Å². The minimum Gasteiger partial charge on any atom is -0.480 e. The maximum Gasteiger partial charge on any atom is 0.326 e. The van der Waals surface area contributed by atoms with Gasteiger partial charge in [-0.2, -0.15) is 0 Å². The molecule has 1 aliphatic heterocycles. The lowest BCUT2D eigenvalue weighted by atomic mass is 10.0. The molecule has 0 saturated carbocycles. The smallest absolute Gasteiger partial charge is 0.326 e. The lowest BCUT2D eigenvalue weighted by Crippen LogP contribution is -2.47. The van der Waals surface area contributed by atoms with Crippen LogP contribution in [0.2, 0.25) is 0 Å². The maximum absolute atomic E-state index is 12.5. The minimum atomic E-state index is -3.22. The van der Waals surface area contributed by atoms with E-state index in [1.54, 1.807) is 12.1 Å². The third-order valence-electron chi connectivity index (χ3n) is 3.66. The van der Waals surface area contributed by atoms with E-state index >= 15 is 0 Å². The summed E-state index contributed by atoms with van der Waals surface area (Å²) in [7, 11) is -3.22. The van der Waals surface area contributed by atoms with Crippen LogP contribution in [-0.2, 0) is 21.2 Å². The van der Waals surface area contributed by atoms with Crippen molar-refractivity contribution in [3.63, 3.8) is 0 Å². The fourth-order valence-corrected chi connectivity index (χ4v) is 4.00. The molecule has 1 aromatic heterocycles. The Hall–Kier alpha value is -1.45. The van der Waals surface area contributed by atoms with Gasteiger partial charge >= 0.3 is 5.97 Å². The molecule has 1 saturated heterocycles. The molecule has 23 heavy (non-hydrogen) atoms. The molecule has 1 amide bonds. The van der Waals surface area contributed by atoms with Gasteiger partial charge in [0.2, 0.25) is 10.0 Å². The van der Waals surface area contributed by atoms with Crippen LogP contribution in [0.25, 0.3) is 0 Å². The molecule has 0 spiro atoms. The molecule has 128 valence electrons. The fraction of sp³-hybridized carbons (Fsp3) is 0.571. The van der Waals surface area contributed by atoms with E-state index in [0.29, 0.717) is 24.3 Å². The number of carboxylic acid groups (broad SMARTS) is 1. The number of hydrogen-bond donors (Lipinski definition) is 2. The number of carbonyl (C=O) groups excluding carboxylic acids is 1. The van der Waals surface area contributed by atoms with E-state index in [1.807, 2.05) is 0 Å². The first-order valence-electron chi connectivity index (χ1n) is 7.35. The number of nitrogens with zero attached hydrogens (tertiary/aromatic N) is 1. The average Bonchev–Trinajstić information content (AvgIpc) is 2.94. The van der Waals surface area contributed by atoms with Crippen molar-refractivity contribution in [2.45, 2.75) is 31.7 Å². The highest BCUT2D eigenvalue weighted by Gasteiger charge is 2.32. The van der Waals surface area contributed by atoms with Crippen molar-refractivity contribution in [1.29, 1.82) is 0 Å². The molecule has 1 atom stereocenters. The topological polar surface area (TPSA) is 104 Å². The zero-order valence-electron chi connectivity index (χ0n) is 12.8. The van der Waals surface area contributed by atoms with Crippen LogP contribution in [0, 0.1) is 0 Å². The van der Waals surface area contributed by atoms with Crippen LogP contribution in [0.15, 0.2) is 12.1 Å². The number of aliphatic carboxylic acids is 1. The summed E-state index contributed by atoms with van der Waals surface area (Å²) < 4.78 is 24.4. The molecular formula is C14H20N2O5S2. The number of likely N-dealkylation sites (tertiary alicyclic amines) is 1. The summed E-state index contributed by atoms with van der Waals surface area (Å²) in [6, 6.07) is 2.70. The van der Waals surface area contributed by atoms with Crippen LogP contribution in [0.4, 0.5) is 0 Å². The molecule has 0 bridgehead atoms. The Labute approximate surface area is 139 Å². The largest absolute Gasteiger partial charge is 0.480 e. The third-order valence-corrected chi connectivity index (χ3v) is 5.52.